The van der Waals surface area contributed by atoms with Crippen LogP contribution in [0, 0.1) is 23.7 Å². The van der Waals surface area contributed by atoms with Gasteiger partial charge in [0.15, 0.2) is 0 Å². The molecule has 0 aliphatic rings. The fraction of sp³-hybridized carbons (Fsp3) is 0.125. The van der Waals surface area contributed by atoms with E-state index in [1.165, 1.54) is 6.08 Å². The summed E-state index contributed by atoms with van der Waals surface area (Å²) in [5, 5.41) is 16.2. The van der Waals surface area contributed by atoms with Gasteiger partial charge in [0.1, 0.15) is 6.61 Å². The molecule has 3 nitrogen and oxygen atoms in total. The quantitative estimate of drug-likeness (QED) is 0.396. The van der Waals surface area contributed by atoms with E-state index in [1.807, 2.05) is 0 Å². The van der Waals surface area contributed by atoms with E-state index in [4.69, 9.17) is 10.2 Å². The lowest BCUT2D eigenvalue weighted by molar-refractivity contribution is -0.131. The molecule has 0 aliphatic heterocycles. The van der Waals surface area contributed by atoms with Crippen molar-refractivity contribution < 1.29 is 15.0 Å². The van der Waals surface area contributed by atoms with Crippen LogP contribution in [0.5, 0.6) is 0 Å². The number of rotatable bonds is 1. The van der Waals surface area contributed by atoms with Crippen molar-refractivity contribution in [2.45, 2.75) is 0 Å². The Bertz CT molecular complexity index is 267. The lowest BCUT2D eigenvalue weighted by atomic mass is 10.5. The van der Waals surface area contributed by atoms with Crippen LogP contribution >= 0.6 is 0 Å². The van der Waals surface area contributed by atoms with Gasteiger partial charge in [-0.05, 0) is 17.9 Å². The van der Waals surface area contributed by atoms with Crippen molar-refractivity contribution >= 4 is 5.97 Å². The minimum absolute atomic E-state index is 0.239. The Hall–Kier alpha value is -1.71. The minimum atomic E-state index is -1.05. The Morgan fingerprint density at radius 1 is 1.45 bits per heavy atom. The summed E-state index contributed by atoms with van der Waals surface area (Å²) >= 11 is 0. The molecule has 0 aliphatic carbocycles. The molecular weight excluding hydrogens is 144 g/mol. The Balaban J connectivity index is 3.82. The largest absolute Gasteiger partial charge is 0.478 e. The second kappa shape index (κ2) is 6.41. The third-order valence-corrected chi connectivity index (χ3v) is 0.611. The maximum Gasteiger partial charge on any atom is 0.328 e. The molecular formula is C8H6O3. The zero-order chi connectivity index (χ0) is 8.53. The van der Waals surface area contributed by atoms with Crippen molar-refractivity contribution in [1.29, 1.82) is 0 Å². The Kier molecular flexibility index (Phi) is 5.41. The summed E-state index contributed by atoms with van der Waals surface area (Å²) in [7, 11) is 0. The van der Waals surface area contributed by atoms with E-state index in [1.54, 1.807) is 0 Å². The maximum atomic E-state index is 9.86. The first kappa shape index (κ1) is 9.29. The number of aliphatic hydroxyl groups excluding tert-OH is 1. The van der Waals surface area contributed by atoms with Gasteiger partial charge in [0.25, 0.3) is 0 Å². The number of carbonyl (C=O) groups is 1. The molecule has 0 bridgehead atoms. The standard InChI is InChI=1S/C8H6O3/c9-7-5-3-1-2-4-6-8(10)11/h4,6,9H,7H2,(H,10,11)/b6-4-. The van der Waals surface area contributed by atoms with Crippen molar-refractivity contribution in [3.8, 4) is 23.7 Å². The topological polar surface area (TPSA) is 57.5 Å². The minimum Gasteiger partial charge on any atom is -0.478 e. The summed E-state index contributed by atoms with van der Waals surface area (Å²) in [6, 6.07) is 0. The molecule has 0 amide bonds. The van der Waals surface area contributed by atoms with E-state index in [0.29, 0.717) is 0 Å². The predicted molar refractivity (Wildman–Crippen MR) is 39.4 cm³/mol. The Morgan fingerprint density at radius 2 is 2.18 bits per heavy atom. The third-order valence-electron chi connectivity index (χ3n) is 0.611. The molecule has 56 valence electrons. The van der Waals surface area contributed by atoms with E-state index in [2.05, 4.69) is 23.7 Å². The third kappa shape index (κ3) is 8.29. The highest BCUT2D eigenvalue weighted by Gasteiger charge is 1.78. The highest BCUT2D eigenvalue weighted by Crippen LogP contribution is 1.68. The summed E-state index contributed by atoms with van der Waals surface area (Å²) in [6.07, 6.45) is 2.09. The smallest absolute Gasteiger partial charge is 0.328 e. The van der Waals surface area contributed by atoms with Crippen molar-refractivity contribution in [2.75, 3.05) is 6.61 Å². The van der Waals surface area contributed by atoms with Crippen molar-refractivity contribution in [3.63, 3.8) is 0 Å². The molecule has 0 atom stereocenters. The van der Waals surface area contributed by atoms with E-state index in [0.717, 1.165) is 6.08 Å². The van der Waals surface area contributed by atoms with Gasteiger partial charge in [-0.2, -0.15) is 0 Å². The van der Waals surface area contributed by atoms with E-state index >= 15 is 0 Å². The van der Waals surface area contributed by atoms with Crippen LogP contribution in [0.3, 0.4) is 0 Å². The first-order valence-corrected chi connectivity index (χ1v) is 2.76. The zero-order valence-electron chi connectivity index (χ0n) is 5.66. The van der Waals surface area contributed by atoms with Gasteiger partial charge >= 0.3 is 5.97 Å². The molecule has 0 rings (SSSR count). The second-order valence-electron chi connectivity index (χ2n) is 1.40. The van der Waals surface area contributed by atoms with Crippen LogP contribution in [0.1, 0.15) is 0 Å². The van der Waals surface area contributed by atoms with Gasteiger partial charge < -0.3 is 10.2 Å². The molecule has 0 fully saturated rings. The number of hydrogen-bond acceptors (Lipinski definition) is 2. The summed E-state index contributed by atoms with van der Waals surface area (Å²) in [6.45, 7) is -0.239. The molecule has 0 heterocycles. The predicted octanol–water partition coefficient (Wildman–Crippen LogP) is -0.374. The van der Waals surface area contributed by atoms with Gasteiger partial charge in [0, 0.05) is 6.08 Å². The molecule has 3 heteroatoms. The van der Waals surface area contributed by atoms with Gasteiger partial charge in [-0.1, -0.05) is 11.8 Å². The number of aliphatic carboxylic acids is 1. The Labute approximate surface area is 64.4 Å². The van der Waals surface area contributed by atoms with Crippen LogP contribution < -0.4 is 0 Å². The molecule has 2 N–H and O–H groups in total. The van der Waals surface area contributed by atoms with E-state index in [9.17, 15) is 4.79 Å². The molecule has 0 saturated heterocycles. The lowest BCUT2D eigenvalue weighted by Crippen LogP contribution is -1.84. The van der Waals surface area contributed by atoms with Crippen molar-refractivity contribution in [1.82, 2.24) is 0 Å². The van der Waals surface area contributed by atoms with Crippen LogP contribution in [-0.2, 0) is 4.79 Å². The zero-order valence-corrected chi connectivity index (χ0v) is 5.66. The fourth-order valence-corrected chi connectivity index (χ4v) is 0.274. The summed E-state index contributed by atoms with van der Waals surface area (Å²) in [4.78, 5) is 9.86. The Morgan fingerprint density at radius 3 is 2.73 bits per heavy atom. The van der Waals surface area contributed by atoms with Crippen LogP contribution in [0.2, 0.25) is 0 Å². The van der Waals surface area contributed by atoms with Crippen molar-refractivity contribution in [2.24, 2.45) is 0 Å². The van der Waals surface area contributed by atoms with Gasteiger partial charge in [-0.3, -0.25) is 0 Å². The highest BCUT2D eigenvalue weighted by molar-refractivity contribution is 5.80. The average Bonchev–Trinajstić information content (AvgIpc) is 1.96. The number of carboxylic acids is 1. The average molecular weight is 150 g/mol. The monoisotopic (exact) mass is 150 g/mol. The van der Waals surface area contributed by atoms with Crippen LogP contribution in [-0.4, -0.2) is 22.8 Å². The first-order chi connectivity index (χ1) is 5.27. The maximum absolute atomic E-state index is 9.86. The first-order valence-electron chi connectivity index (χ1n) is 2.76. The molecule has 0 aromatic rings. The van der Waals surface area contributed by atoms with Gasteiger partial charge in [0.2, 0.25) is 0 Å². The molecule has 0 aromatic carbocycles. The SMILES string of the molecule is O=C(O)/C=C\C#CC#CCO. The summed E-state index contributed by atoms with van der Waals surface area (Å²) in [5.74, 6) is 8.22. The molecule has 0 spiro atoms. The van der Waals surface area contributed by atoms with Crippen LogP contribution in [0.25, 0.3) is 0 Å². The van der Waals surface area contributed by atoms with Crippen molar-refractivity contribution in [3.05, 3.63) is 12.2 Å². The van der Waals surface area contributed by atoms with Crippen LogP contribution in [0.15, 0.2) is 12.2 Å². The summed E-state index contributed by atoms with van der Waals surface area (Å²) in [5.41, 5.74) is 0. The lowest BCUT2D eigenvalue weighted by Gasteiger charge is -1.70. The molecule has 0 saturated carbocycles. The van der Waals surface area contributed by atoms with Crippen LogP contribution in [0.4, 0.5) is 0 Å². The number of carboxylic acid groups (broad SMARTS) is 1. The summed E-state index contributed by atoms with van der Waals surface area (Å²) < 4.78 is 0. The second-order valence-corrected chi connectivity index (χ2v) is 1.40. The molecule has 11 heavy (non-hydrogen) atoms. The molecule has 0 unspecified atom stereocenters. The normalized spacial score (nSPS) is 7.73. The van der Waals surface area contributed by atoms with E-state index < -0.39 is 5.97 Å². The highest BCUT2D eigenvalue weighted by atomic mass is 16.4. The number of allylic oxidation sites excluding steroid dienone is 1. The van der Waals surface area contributed by atoms with Gasteiger partial charge in [-0.15, -0.1) is 0 Å². The van der Waals surface area contributed by atoms with Gasteiger partial charge in [-0.25, -0.2) is 4.79 Å². The number of hydrogen-bond donors (Lipinski definition) is 2. The molecule has 0 aromatic heterocycles. The number of aliphatic hydroxyl groups is 1. The molecule has 0 radical (unpaired) electrons. The fourth-order valence-electron chi connectivity index (χ4n) is 0.274. The van der Waals surface area contributed by atoms with Gasteiger partial charge in [0.05, 0.1) is 0 Å². The van der Waals surface area contributed by atoms with E-state index in [-0.39, 0.29) is 6.61 Å².